The molecule has 1 saturated carbocycles. The quantitative estimate of drug-likeness (QED) is 0.0991. The van der Waals surface area contributed by atoms with Gasteiger partial charge in [-0.3, -0.25) is 19.7 Å². The van der Waals surface area contributed by atoms with E-state index in [0.717, 1.165) is 70.8 Å². The van der Waals surface area contributed by atoms with E-state index in [2.05, 4.69) is 74.9 Å². The number of benzene rings is 3. The summed E-state index contributed by atoms with van der Waals surface area (Å²) in [5, 5.41) is 9.63. The molecule has 256 valence electrons. The average molecular weight is 675 g/mol. The zero-order valence-electron chi connectivity index (χ0n) is 28.4. The van der Waals surface area contributed by atoms with Gasteiger partial charge in [0.1, 0.15) is 17.6 Å². The number of amides is 3. The summed E-state index contributed by atoms with van der Waals surface area (Å²) in [6.07, 6.45) is 3.71. The topological polar surface area (TPSA) is 112 Å². The van der Waals surface area contributed by atoms with E-state index in [-0.39, 0.29) is 42.4 Å². The van der Waals surface area contributed by atoms with E-state index in [4.69, 9.17) is 11.1 Å². The number of aryl methyl sites for hydroxylation is 3. The summed E-state index contributed by atoms with van der Waals surface area (Å²) in [6.45, 7) is 14.9. The first-order valence-corrected chi connectivity index (χ1v) is 17.1. The normalized spacial score (nSPS) is 17.7. The third-order valence-corrected chi connectivity index (χ3v) is 10.2. The largest absolute Gasteiger partial charge is 0.383 e. The van der Waals surface area contributed by atoms with Crippen molar-refractivity contribution in [1.82, 2.24) is 15.4 Å². The number of aromatic nitrogens is 1. The van der Waals surface area contributed by atoms with Gasteiger partial charge < -0.3 is 24.5 Å². The molecule has 3 amide bonds. The second-order valence-electron chi connectivity index (χ2n) is 13.6. The highest BCUT2D eigenvalue weighted by Crippen LogP contribution is 2.50. The first-order valence-electron chi connectivity index (χ1n) is 17.1. The number of anilines is 3. The van der Waals surface area contributed by atoms with Crippen LogP contribution in [0.4, 0.5) is 21.5 Å². The number of piperidine rings is 1. The van der Waals surface area contributed by atoms with E-state index in [1.165, 1.54) is 17.0 Å². The summed E-state index contributed by atoms with van der Waals surface area (Å²) in [6, 6.07) is 16.8. The SMILES string of the molecule is [C-]#[N+]C1(c2ccc(N(CCCCNc3cc4c(cc3F)CN(C3CCC(=O)NC3=O)C4=O)c3cc(-c4c(C)noc4C)ccc3C)cc2)CC1. The lowest BCUT2D eigenvalue weighted by Crippen LogP contribution is -2.52. The molecular formula is C39H39FN6O4. The molecule has 1 unspecified atom stereocenters. The van der Waals surface area contributed by atoms with Crippen LogP contribution in [-0.4, -0.2) is 46.9 Å². The molecule has 2 N–H and O–H groups in total. The third-order valence-electron chi connectivity index (χ3n) is 10.2. The number of nitrogens with one attached hydrogen (secondary N) is 2. The van der Waals surface area contributed by atoms with Gasteiger partial charge in [-0.25, -0.2) is 11.0 Å². The maximum Gasteiger partial charge on any atom is 0.258 e. The molecule has 0 bridgehead atoms. The van der Waals surface area contributed by atoms with Crippen LogP contribution in [0.5, 0.6) is 0 Å². The monoisotopic (exact) mass is 674 g/mol. The fraction of sp³-hybridized carbons (Fsp3) is 0.359. The van der Waals surface area contributed by atoms with E-state index < -0.39 is 17.8 Å². The van der Waals surface area contributed by atoms with Crippen LogP contribution >= 0.6 is 0 Å². The Morgan fingerprint density at radius 2 is 1.86 bits per heavy atom. The number of imide groups is 1. The van der Waals surface area contributed by atoms with Crippen LogP contribution in [0.3, 0.4) is 0 Å². The fourth-order valence-electron chi connectivity index (χ4n) is 7.21. The summed E-state index contributed by atoms with van der Waals surface area (Å²) < 4.78 is 20.7. The van der Waals surface area contributed by atoms with Crippen molar-refractivity contribution in [2.24, 2.45) is 0 Å². The molecule has 10 nitrogen and oxygen atoms in total. The minimum Gasteiger partial charge on any atom is -0.383 e. The van der Waals surface area contributed by atoms with Crippen LogP contribution < -0.4 is 15.5 Å². The number of hydrogen-bond acceptors (Lipinski definition) is 7. The maximum atomic E-state index is 15.2. The Morgan fingerprint density at radius 3 is 2.54 bits per heavy atom. The van der Waals surface area contributed by atoms with Crippen LogP contribution in [0.2, 0.25) is 0 Å². The van der Waals surface area contributed by atoms with Crippen LogP contribution in [0.15, 0.2) is 59.1 Å². The van der Waals surface area contributed by atoms with Crippen molar-refractivity contribution >= 4 is 34.8 Å². The minimum absolute atomic E-state index is 0.129. The number of unbranched alkanes of at least 4 members (excludes halogenated alkanes) is 1. The van der Waals surface area contributed by atoms with Crippen molar-refractivity contribution in [2.75, 3.05) is 23.3 Å². The number of carbonyl (C=O) groups excluding carboxylic acids is 3. The molecule has 1 aliphatic carbocycles. The highest BCUT2D eigenvalue weighted by atomic mass is 19.1. The van der Waals surface area contributed by atoms with E-state index in [1.54, 1.807) is 0 Å². The predicted molar refractivity (Wildman–Crippen MR) is 187 cm³/mol. The van der Waals surface area contributed by atoms with Gasteiger partial charge in [0.25, 0.3) is 11.4 Å². The molecule has 3 heterocycles. The van der Waals surface area contributed by atoms with E-state index in [0.29, 0.717) is 24.2 Å². The molecule has 2 aliphatic heterocycles. The Hall–Kier alpha value is -5.50. The fourth-order valence-corrected chi connectivity index (χ4v) is 7.21. The first-order chi connectivity index (χ1) is 24.1. The zero-order valence-corrected chi connectivity index (χ0v) is 28.4. The zero-order chi connectivity index (χ0) is 35.2. The van der Waals surface area contributed by atoms with Crippen LogP contribution in [0.25, 0.3) is 16.0 Å². The van der Waals surface area contributed by atoms with Crippen LogP contribution in [0, 0.1) is 33.2 Å². The van der Waals surface area contributed by atoms with E-state index in [1.807, 2.05) is 13.8 Å². The molecule has 1 aromatic heterocycles. The molecule has 0 radical (unpaired) electrons. The minimum atomic E-state index is -0.748. The Bertz CT molecular complexity index is 2020. The van der Waals surface area contributed by atoms with E-state index in [9.17, 15) is 14.4 Å². The molecular weight excluding hydrogens is 635 g/mol. The number of fused-ring (bicyclic) bond motifs is 1. The summed E-state index contributed by atoms with van der Waals surface area (Å²) in [4.78, 5) is 44.9. The first kappa shape index (κ1) is 33.0. The Labute approximate surface area is 290 Å². The summed E-state index contributed by atoms with van der Waals surface area (Å²) in [7, 11) is 0. The number of hydrogen-bond donors (Lipinski definition) is 2. The molecule has 0 spiro atoms. The average Bonchev–Trinajstić information content (AvgIpc) is 3.75. The molecule has 11 heteroatoms. The highest BCUT2D eigenvalue weighted by Gasteiger charge is 2.52. The second kappa shape index (κ2) is 13.1. The lowest BCUT2D eigenvalue weighted by atomic mass is 10.00. The van der Waals surface area contributed by atoms with Gasteiger partial charge in [0.2, 0.25) is 11.8 Å². The van der Waals surface area contributed by atoms with Gasteiger partial charge in [-0.1, -0.05) is 17.3 Å². The standard InChI is InChI=1S/C39H39FN6O4/c1-23-7-8-26(36-24(2)44-50-25(36)3)20-34(23)45(29-11-9-28(10-12-29)39(41-4)15-16-39)18-6-5-17-42-32-21-30-27(19-31(32)40)22-46(38(30)49)33-13-14-35(47)43-37(33)48/h7-12,19-21,33,42H,5-6,13-18,22H2,1-3H3,(H,43,47,48). The third kappa shape index (κ3) is 6.10. The van der Waals surface area contributed by atoms with Crippen molar-refractivity contribution in [3.63, 3.8) is 0 Å². The lowest BCUT2D eigenvalue weighted by Gasteiger charge is -2.29. The number of carbonyl (C=O) groups is 3. The van der Waals surface area contributed by atoms with Gasteiger partial charge in [0.15, 0.2) is 0 Å². The molecule has 1 saturated heterocycles. The highest BCUT2D eigenvalue weighted by molar-refractivity contribution is 6.05. The lowest BCUT2D eigenvalue weighted by molar-refractivity contribution is -0.136. The van der Waals surface area contributed by atoms with E-state index >= 15 is 4.39 Å². The van der Waals surface area contributed by atoms with Crippen LogP contribution in [0.1, 0.15) is 77.0 Å². The van der Waals surface area contributed by atoms with Gasteiger partial charge in [-0.15, -0.1) is 0 Å². The molecule has 50 heavy (non-hydrogen) atoms. The van der Waals surface area contributed by atoms with Gasteiger partial charge in [0, 0.05) is 67.0 Å². The van der Waals surface area contributed by atoms with Gasteiger partial charge in [-0.2, -0.15) is 0 Å². The predicted octanol–water partition coefficient (Wildman–Crippen LogP) is 7.11. The van der Waals surface area contributed by atoms with Gasteiger partial charge >= 0.3 is 0 Å². The Morgan fingerprint density at radius 1 is 1.08 bits per heavy atom. The summed E-state index contributed by atoms with van der Waals surface area (Å²) in [5.74, 6) is -0.873. The summed E-state index contributed by atoms with van der Waals surface area (Å²) in [5.41, 5.74) is 7.83. The molecule has 3 aromatic carbocycles. The molecule has 4 aromatic rings. The molecule has 7 rings (SSSR count). The van der Waals surface area contributed by atoms with Crippen molar-refractivity contribution in [3.05, 3.63) is 106 Å². The van der Waals surface area contributed by atoms with Gasteiger partial charge in [0.05, 0.1) is 11.4 Å². The molecule has 1 atom stereocenters. The Kier molecular flexibility index (Phi) is 8.64. The molecule has 2 fully saturated rings. The Balaban J connectivity index is 1.06. The van der Waals surface area contributed by atoms with Crippen molar-refractivity contribution in [3.8, 4) is 11.1 Å². The van der Waals surface area contributed by atoms with Crippen molar-refractivity contribution in [2.45, 2.75) is 77.4 Å². The van der Waals surface area contributed by atoms with Crippen molar-refractivity contribution in [1.29, 1.82) is 0 Å². The number of halogens is 1. The molecule has 3 aliphatic rings. The van der Waals surface area contributed by atoms with Crippen molar-refractivity contribution < 1.29 is 23.3 Å². The summed E-state index contributed by atoms with van der Waals surface area (Å²) >= 11 is 0. The maximum absolute atomic E-state index is 15.2. The van der Waals surface area contributed by atoms with Gasteiger partial charge in [-0.05, 0) is 99.2 Å². The smallest absolute Gasteiger partial charge is 0.258 e. The number of rotatable bonds is 11. The van der Waals surface area contributed by atoms with Crippen LogP contribution in [-0.2, 0) is 21.7 Å². The second-order valence-corrected chi connectivity index (χ2v) is 13.6. The number of nitrogens with zero attached hydrogens (tertiary/aromatic N) is 4.